The molecular formula is C20H22N2O2. The minimum Gasteiger partial charge on any atom is -0.492 e. The van der Waals surface area contributed by atoms with Gasteiger partial charge >= 0.3 is 0 Å². The van der Waals surface area contributed by atoms with E-state index < -0.39 is 0 Å². The predicted octanol–water partition coefficient (Wildman–Crippen LogP) is 4.28. The highest BCUT2D eigenvalue weighted by molar-refractivity contribution is 5.76. The monoisotopic (exact) mass is 322 g/mol. The van der Waals surface area contributed by atoms with E-state index in [0.717, 1.165) is 48.6 Å². The van der Waals surface area contributed by atoms with Crippen molar-refractivity contribution in [1.82, 2.24) is 9.55 Å². The maximum absolute atomic E-state index is 5.91. The summed E-state index contributed by atoms with van der Waals surface area (Å²) < 4.78 is 14.0. The fourth-order valence-electron chi connectivity index (χ4n) is 3.25. The molecule has 0 saturated carbocycles. The molecule has 124 valence electrons. The molecule has 0 radical (unpaired) electrons. The standard InChI is InChI=1S/C20H22N2O2/c1-15-8-10-16(11-9-15)23-14-12-22-18-6-3-2-5-17(18)21-20(22)19-7-4-13-24-19/h2-3,5-6,8-11,19H,4,7,12-14H2,1H3/t19-/m0/s1. The molecule has 0 spiro atoms. The van der Waals surface area contributed by atoms with Gasteiger partial charge in [0.1, 0.15) is 24.3 Å². The number of fused-ring (bicyclic) bond motifs is 1. The number of aromatic nitrogens is 2. The van der Waals surface area contributed by atoms with Crippen LogP contribution < -0.4 is 4.74 Å². The number of hydrogen-bond acceptors (Lipinski definition) is 3. The van der Waals surface area contributed by atoms with Gasteiger partial charge in [-0.15, -0.1) is 0 Å². The molecule has 0 amide bonds. The molecule has 1 aliphatic rings. The van der Waals surface area contributed by atoms with Crippen LogP contribution in [0.15, 0.2) is 48.5 Å². The summed E-state index contributed by atoms with van der Waals surface area (Å²) in [6.45, 7) is 4.29. The predicted molar refractivity (Wildman–Crippen MR) is 94.3 cm³/mol. The Labute approximate surface area is 142 Å². The number of imidazole rings is 1. The number of benzene rings is 2. The van der Waals surface area contributed by atoms with E-state index in [-0.39, 0.29) is 6.10 Å². The first-order chi connectivity index (χ1) is 11.8. The molecule has 4 rings (SSSR count). The first-order valence-electron chi connectivity index (χ1n) is 8.57. The fourth-order valence-corrected chi connectivity index (χ4v) is 3.25. The quantitative estimate of drug-likeness (QED) is 0.703. The Hall–Kier alpha value is -2.33. The Kier molecular flexibility index (Phi) is 4.22. The van der Waals surface area contributed by atoms with Gasteiger partial charge in [0.2, 0.25) is 0 Å². The van der Waals surface area contributed by atoms with E-state index in [1.165, 1.54) is 5.56 Å². The van der Waals surface area contributed by atoms with Crippen molar-refractivity contribution in [2.24, 2.45) is 0 Å². The van der Waals surface area contributed by atoms with Gasteiger partial charge < -0.3 is 14.0 Å². The molecule has 0 aliphatic carbocycles. The molecule has 1 fully saturated rings. The van der Waals surface area contributed by atoms with Crippen LogP contribution in [0.3, 0.4) is 0 Å². The third kappa shape index (κ3) is 3.02. The van der Waals surface area contributed by atoms with Crippen molar-refractivity contribution in [3.8, 4) is 5.75 Å². The van der Waals surface area contributed by atoms with Crippen LogP contribution >= 0.6 is 0 Å². The molecular weight excluding hydrogens is 300 g/mol. The zero-order valence-corrected chi connectivity index (χ0v) is 13.9. The summed E-state index contributed by atoms with van der Waals surface area (Å²) in [7, 11) is 0. The first kappa shape index (κ1) is 15.2. The van der Waals surface area contributed by atoms with E-state index in [0.29, 0.717) is 6.61 Å². The second-order valence-corrected chi connectivity index (χ2v) is 6.27. The molecule has 0 N–H and O–H groups in total. The number of rotatable bonds is 5. The summed E-state index contributed by atoms with van der Waals surface area (Å²) in [5.41, 5.74) is 3.41. The highest BCUT2D eigenvalue weighted by Gasteiger charge is 2.24. The lowest BCUT2D eigenvalue weighted by atomic mass is 10.2. The Balaban J connectivity index is 1.55. The van der Waals surface area contributed by atoms with E-state index in [2.05, 4.69) is 41.8 Å². The topological polar surface area (TPSA) is 36.3 Å². The Morgan fingerprint density at radius 3 is 2.79 bits per heavy atom. The summed E-state index contributed by atoms with van der Waals surface area (Å²) >= 11 is 0. The maximum atomic E-state index is 5.91. The van der Waals surface area contributed by atoms with Crippen molar-refractivity contribution < 1.29 is 9.47 Å². The number of ether oxygens (including phenoxy) is 2. The lowest BCUT2D eigenvalue weighted by Crippen LogP contribution is -2.13. The van der Waals surface area contributed by atoms with Crippen molar-refractivity contribution >= 4 is 11.0 Å². The van der Waals surface area contributed by atoms with Gasteiger partial charge in [-0.3, -0.25) is 0 Å². The van der Waals surface area contributed by atoms with E-state index in [9.17, 15) is 0 Å². The van der Waals surface area contributed by atoms with Crippen molar-refractivity contribution in [3.63, 3.8) is 0 Å². The number of nitrogens with zero attached hydrogens (tertiary/aromatic N) is 2. The molecule has 4 nitrogen and oxygen atoms in total. The molecule has 2 aromatic carbocycles. The van der Waals surface area contributed by atoms with Crippen molar-refractivity contribution in [2.75, 3.05) is 13.2 Å². The van der Waals surface area contributed by atoms with Crippen LogP contribution in [0.2, 0.25) is 0 Å². The molecule has 0 unspecified atom stereocenters. The zero-order chi connectivity index (χ0) is 16.4. The lowest BCUT2D eigenvalue weighted by Gasteiger charge is -2.14. The summed E-state index contributed by atoms with van der Waals surface area (Å²) in [5.74, 6) is 1.94. The van der Waals surface area contributed by atoms with Crippen LogP contribution in [0.4, 0.5) is 0 Å². The van der Waals surface area contributed by atoms with Gasteiger partial charge in [0.05, 0.1) is 17.6 Å². The molecule has 1 aromatic heterocycles. The third-order valence-corrected chi connectivity index (χ3v) is 4.51. The highest BCUT2D eigenvalue weighted by atomic mass is 16.5. The average molecular weight is 322 g/mol. The number of hydrogen-bond donors (Lipinski definition) is 0. The summed E-state index contributed by atoms with van der Waals surface area (Å²) in [6, 6.07) is 16.4. The Bertz CT molecular complexity index is 817. The van der Waals surface area contributed by atoms with Crippen molar-refractivity contribution in [3.05, 3.63) is 59.9 Å². The average Bonchev–Trinajstić information content (AvgIpc) is 3.24. The molecule has 1 atom stereocenters. The number of aryl methyl sites for hydroxylation is 1. The van der Waals surface area contributed by atoms with E-state index in [1.807, 2.05) is 18.2 Å². The van der Waals surface area contributed by atoms with Crippen LogP contribution in [0, 0.1) is 6.92 Å². The Morgan fingerprint density at radius 2 is 2.00 bits per heavy atom. The fraction of sp³-hybridized carbons (Fsp3) is 0.350. The molecule has 3 aromatic rings. The SMILES string of the molecule is Cc1ccc(OCCn2c([C@@H]3CCCO3)nc3ccccc32)cc1. The smallest absolute Gasteiger partial charge is 0.139 e. The van der Waals surface area contributed by atoms with E-state index in [1.54, 1.807) is 0 Å². The molecule has 1 aliphatic heterocycles. The van der Waals surface area contributed by atoms with Gasteiger partial charge in [-0.05, 0) is 44.0 Å². The normalized spacial score (nSPS) is 17.5. The molecule has 4 heteroatoms. The van der Waals surface area contributed by atoms with E-state index >= 15 is 0 Å². The minimum atomic E-state index is 0.108. The van der Waals surface area contributed by atoms with Gasteiger partial charge in [-0.1, -0.05) is 29.8 Å². The summed E-state index contributed by atoms with van der Waals surface area (Å²) in [5, 5.41) is 0. The molecule has 2 heterocycles. The third-order valence-electron chi connectivity index (χ3n) is 4.51. The van der Waals surface area contributed by atoms with Crippen LogP contribution in [0.5, 0.6) is 5.75 Å². The summed E-state index contributed by atoms with van der Waals surface area (Å²) in [6.07, 6.45) is 2.26. The van der Waals surface area contributed by atoms with Crippen LogP contribution in [-0.4, -0.2) is 22.8 Å². The maximum Gasteiger partial charge on any atom is 0.139 e. The summed E-state index contributed by atoms with van der Waals surface area (Å²) in [4.78, 5) is 4.81. The van der Waals surface area contributed by atoms with Crippen LogP contribution in [-0.2, 0) is 11.3 Å². The second kappa shape index (κ2) is 6.65. The van der Waals surface area contributed by atoms with Gasteiger partial charge in [-0.25, -0.2) is 4.98 Å². The number of para-hydroxylation sites is 2. The van der Waals surface area contributed by atoms with Crippen LogP contribution in [0.1, 0.15) is 30.3 Å². The van der Waals surface area contributed by atoms with Gasteiger partial charge in [-0.2, -0.15) is 0 Å². The second-order valence-electron chi connectivity index (χ2n) is 6.27. The minimum absolute atomic E-state index is 0.108. The lowest BCUT2D eigenvalue weighted by molar-refractivity contribution is 0.101. The molecule has 1 saturated heterocycles. The first-order valence-corrected chi connectivity index (χ1v) is 8.57. The Morgan fingerprint density at radius 1 is 1.17 bits per heavy atom. The van der Waals surface area contributed by atoms with Gasteiger partial charge in [0, 0.05) is 6.61 Å². The largest absolute Gasteiger partial charge is 0.492 e. The molecule has 24 heavy (non-hydrogen) atoms. The van der Waals surface area contributed by atoms with Gasteiger partial charge in [0.15, 0.2) is 0 Å². The van der Waals surface area contributed by atoms with E-state index in [4.69, 9.17) is 14.5 Å². The molecule has 0 bridgehead atoms. The zero-order valence-electron chi connectivity index (χ0n) is 13.9. The van der Waals surface area contributed by atoms with Crippen LogP contribution in [0.25, 0.3) is 11.0 Å². The van der Waals surface area contributed by atoms with Gasteiger partial charge in [0.25, 0.3) is 0 Å². The van der Waals surface area contributed by atoms with Crippen molar-refractivity contribution in [1.29, 1.82) is 0 Å². The van der Waals surface area contributed by atoms with Crippen molar-refractivity contribution in [2.45, 2.75) is 32.4 Å². The highest BCUT2D eigenvalue weighted by Crippen LogP contribution is 2.30.